The van der Waals surface area contributed by atoms with Crippen molar-refractivity contribution in [3.05, 3.63) is 21.7 Å². The smallest absolute Gasteiger partial charge is 0.136 e. The molecule has 0 saturated heterocycles. The van der Waals surface area contributed by atoms with Crippen molar-refractivity contribution in [1.82, 2.24) is 0 Å². The van der Waals surface area contributed by atoms with Gasteiger partial charge in [-0.3, -0.25) is 0 Å². The second-order valence-corrected chi connectivity index (χ2v) is 5.52. The van der Waals surface area contributed by atoms with E-state index in [0.29, 0.717) is 4.47 Å². The topological polar surface area (TPSA) is 66.5 Å². The fourth-order valence-corrected chi connectivity index (χ4v) is 2.38. The minimum atomic E-state index is -0.00922. The minimum Gasteiger partial charge on any atom is -0.506 e. The fraction of sp³-hybridized carbons (Fsp3) is 0.500. The highest BCUT2D eigenvalue weighted by atomic mass is 79.9. The van der Waals surface area contributed by atoms with E-state index >= 15 is 0 Å². The molecular weight excluding hydrogens is 270 g/mol. The highest BCUT2D eigenvalue weighted by Gasteiger charge is 2.37. The molecule has 0 heterocycles. The number of hydrogen-bond acceptors (Lipinski definition) is 3. The van der Waals surface area contributed by atoms with Crippen LogP contribution < -0.4 is 5.73 Å². The summed E-state index contributed by atoms with van der Waals surface area (Å²) in [7, 11) is 0. The van der Waals surface area contributed by atoms with E-state index in [-0.39, 0.29) is 17.0 Å². The van der Waals surface area contributed by atoms with Crippen molar-refractivity contribution in [3.8, 4) is 11.5 Å². The number of aromatic hydroxyl groups is 2. The number of benzene rings is 1. The molecule has 0 atom stereocenters. The molecule has 16 heavy (non-hydrogen) atoms. The Morgan fingerprint density at radius 3 is 2.56 bits per heavy atom. The van der Waals surface area contributed by atoms with Crippen LogP contribution in [-0.2, 0) is 6.42 Å². The number of halogens is 1. The number of phenols is 2. The number of rotatable bonds is 3. The minimum absolute atomic E-state index is 0.00922. The molecule has 1 fully saturated rings. The average molecular weight is 286 g/mol. The maximum Gasteiger partial charge on any atom is 0.136 e. The average Bonchev–Trinajstić information content (AvgIpc) is 2.98. The third kappa shape index (κ3) is 2.18. The first-order chi connectivity index (χ1) is 7.43. The van der Waals surface area contributed by atoms with E-state index < -0.39 is 0 Å². The lowest BCUT2D eigenvalue weighted by molar-refractivity contribution is 0.435. The molecule has 88 valence electrons. The molecular formula is C12H16BrNO2. The lowest BCUT2D eigenvalue weighted by atomic mass is 10.0. The molecule has 1 aliphatic rings. The van der Waals surface area contributed by atoms with E-state index in [1.165, 1.54) is 0 Å². The summed E-state index contributed by atoms with van der Waals surface area (Å²) in [5.74, 6) is 0.238. The van der Waals surface area contributed by atoms with Crippen LogP contribution in [0.2, 0.25) is 0 Å². The first kappa shape index (κ1) is 11.7. The van der Waals surface area contributed by atoms with Gasteiger partial charge >= 0.3 is 0 Å². The molecule has 4 heteroatoms. The molecule has 2 rings (SSSR count). The Balaban J connectivity index is 2.20. The van der Waals surface area contributed by atoms with Gasteiger partial charge in [0.1, 0.15) is 16.0 Å². The van der Waals surface area contributed by atoms with Gasteiger partial charge in [-0.25, -0.2) is 0 Å². The third-order valence-electron chi connectivity index (χ3n) is 3.27. The van der Waals surface area contributed by atoms with Gasteiger partial charge in [-0.2, -0.15) is 0 Å². The summed E-state index contributed by atoms with van der Waals surface area (Å²) >= 11 is 3.19. The highest BCUT2D eigenvalue weighted by Crippen LogP contribution is 2.41. The van der Waals surface area contributed by atoms with Crippen LogP contribution in [-0.4, -0.2) is 15.8 Å². The van der Waals surface area contributed by atoms with Gasteiger partial charge < -0.3 is 15.9 Å². The Morgan fingerprint density at radius 2 is 2.00 bits per heavy atom. The third-order valence-corrected chi connectivity index (χ3v) is 4.02. The van der Waals surface area contributed by atoms with Gasteiger partial charge in [-0.15, -0.1) is 0 Å². The lowest BCUT2D eigenvalue weighted by Crippen LogP contribution is -2.22. The van der Waals surface area contributed by atoms with Crippen LogP contribution in [0.3, 0.4) is 0 Å². The van der Waals surface area contributed by atoms with Crippen molar-refractivity contribution >= 4 is 15.9 Å². The van der Waals surface area contributed by atoms with Gasteiger partial charge in [0, 0.05) is 5.54 Å². The molecule has 4 N–H and O–H groups in total. The van der Waals surface area contributed by atoms with Crippen LogP contribution in [0.15, 0.2) is 10.5 Å². The maximum absolute atomic E-state index is 9.87. The molecule has 0 aromatic heterocycles. The van der Waals surface area contributed by atoms with Crippen molar-refractivity contribution in [2.45, 2.75) is 38.1 Å². The van der Waals surface area contributed by atoms with Crippen LogP contribution in [0.25, 0.3) is 0 Å². The molecule has 3 nitrogen and oxygen atoms in total. The zero-order valence-electron chi connectivity index (χ0n) is 9.26. The van der Waals surface area contributed by atoms with Gasteiger partial charge in [-0.05, 0) is 65.7 Å². The van der Waals surface area contributed by atoms with Crippen LogP contribution >= 0.6 is 15.9 Å². The largest absolute Gasteiger partial charge is 0.506 e. The number of aryl methyl sites for hydroxylation is 2. The van der Waals surface area contributed by atoms with Gasteiger partial charge in [0.05, 0.1) is 0 Å². The molecule has 0 amide bonds. The number of hydrogen-bond donors (Lipinski definition) is 3. The normalized spacial score (nSPS) is 17.4. The highest BCUT2D eigenvalue weighted by molar-refractivity contribution is 9.10. The summed E-state index contributed by atoms with van der Waals surface area (Å²) in [5.41, 5.74) is 7.61. The van der Waals surface area contributed by atoms with E-state index in [9.17, 15) is 10.2 Å². The Kier molecular flexibility index (Phi) is 2.88. The zero-order chi connectivity index (χ0) is 11.9. The fourth-order valence-electron chi connectivity index (χ4n) is 1.81. The molecule has 1 aromatic rings. The summed E-state index contributed by atoms with van der Waals surface area (Å²) < 4.78 is 0.379. The summed E-state index contributed by atoms with van der Waals surface area (Å²) in [6.45, 7) is 1.82. The molecule has 1 saturated carbocycles. The van der Waals surface area contributed by atoms with E-state index in [1.54, 1.807) is 0 Å². The lowest BCUT2D eigenvalue weighted by Gasteiger charge is -2.12. The SMILES string of the molecule is Cc1cc(CCC2(N)CC2)c(O)c(Br)c1O. The van der Waals surface area contributed by atoms with Crippen LogP contribution in [0.4, 0.5) is 0 Å². The van der Waals surface area contributed by atoms with Crippen LogP contribution in [0, 0.1) is 6.92 Å². The predicted octanol–water partition coefficient (Wildman–Crippen LogP) is 2.59. The van der Waals surface area contributed by atoms with Gasteiger partial charge in [0.25, 0.3) is 0 Å². The second-order valence-electron chi connectivity index (χ2n) is 4.73. The Hall–Kier alpha value is -0.740. The molecule has 0 unspecified atom stereocenters. The monoisotopic (exact) mass is 285 g/mol. The first-order valence-electron chi connectivity index (χ1n) is 5.42. The van der Waals surface area contributed by atoms with E-state index in [4.69, 9.17) is 5.73 Å². The van der Waals surface area contributed by atoms with E-state index in [1.807, 2.05) is 13.0 Å². The Labute approximate surface area is 103 Å². The summed E-state index contributed by atoms with van der Waals surface area (Å²) in [4.78, 5) is 0. The summed E-state index contributed by atoms with van der Waals surface area (Å²) in [6.07, 6.45) is 3.79. The van der Waals surface area contributed by atoms with Crippen molar-refractivity contribution in [2.75, 3.05) is 0 Å². The molecule has 1 aliphatic carbocycles. The van der Waals surface area contributed by atoms with Crippen LogP contribution in [0.1, 0.15) is 30.4 Å². The Bertz CT molecular complexity index is 428. The molecule has 0 radical (unpaired) electrons. The number of nitrogens with two attached hydrogens (primary N) is 1. The molecule has 0 bridgehead atoms. The predicted molar refractivity (Wildman–Crippen MR) is 66.7 cm³/mol. The molecule has 0 spiro atoms. The molecule has 0 aliphatic heterocycles. The standard InChI is InChI=1S/C12H16BrNO2/c1-7-6-8(2-3-12(14)4-5-12)11(16)9(13)10(7)15/h6,15-16H,2-5,14H2,1H3. The quantitative estimate of drug-likeness (QED) is 0.800. The maximum atomic E-state index is 9.87. The van der Waals surface area contributed by atoms with E-state index in [0.717, 1.165) is 36.8 Å². The van der Waals surface area contributed by atoms with Crippen molar-refractivity contribution in [1.29, 1.82) is 0 Å². The Morgan fingerprint density at radius 1 is 1.38 bits per heavy atom. The van der Waals surface area contributed by atoms with E-state index in [2.05, 4.69) is 15.9 Å². The van der Waals surface area contributed by atoms with Crippen LogP contribution in [0.5, 0.6) is 11.5 Å². The van der Waals surface area contributed by atoms with Crippen molar-refractivity contribution in [3.63, 3.8) is 0 Å². The zero-order valence-corrected chi connectivity index (χ0v) is 10.8. The number of phenolic OH excluding ortho intramolecular Hbond substituents is 2. The van der Waals surface area contributed by atoms with Gasteiger partial charge in [0.15, 0.2) is 0 Å². The van der Waals surface area contributed by atoms with Crippen molar-refractivity contribution < 1.29 is 10.2 Å². The summed E-state index contributed by atoms with van der Waals surface area (Å²) in [6, 6.07) is 1.82. The van der Waals surface area contributed by atoms with Gasteiger partial charge in [-0.1, -0.05) is 0 Å². The molecule has 1 aromatic carbocycles. The van der Waals surface area contributed by atoms with Gasteiger partial charge in [0.2, 0.25) is 0 Å². The first-order valence-corrected chi connectivity index (χ1v) is 6.21. The second kappa shape index (κ2) is 3.93. The summed E-state index contributed by atoms with van der Waals surface area (Å²) in [5, 5.41) is 19.5. The van der Waals surface area contributed by atoms with Crippen molar-refractivity contribution in [2.24, 2.45) is 5.73 Å².